The standard InChI is InChI=1S/C16H16N2.2CH3F/c1-3-5-8-13(4-2)11-12-16-14-9-6-7-10-15(14)17-18-16;2*1-2/h3-12H,1H2,2H3,(H,17,18);2*1H3/b8-5-,12-11+,13-4+;;. The first kappa shape index (κ1) is 19.5. The maximum absolute atomic E-state index is 9.50. The summed E-state index contributed by atoms with van der Waals surface area (Å²) in [5.74, 6) is 0. The fraction of sp³-hybridized carbons (Fsp3) is 0.167. The average Bonchev–Trinajstić information content (AvgIpc) is 3.02. The number of alkyl halides is 2. The molecular weight excluding hydrogens is 282 g/mol. The van der Waals surface area contributed by atoms with Gasteiger partial charge in [-0.1, -0.05) is 55.2 Å². The van der Waals surface area contributed by atoms with Crippen LogP contribution in [-0.2, 0) is 0 Å². The van der Waals surface area contributed by atoms with Crippen LogP contribution in [0.4, 0.5) is 8.78 Å². The van der Waals surface area contributed by atoms with Gasteiger partial charge in [-0.15, -0.1) is 0 Å². The van der Waals surface area contributed by atoms with Gasteiger partial charge in [-0.05, 0) is 24.6 Å². The second-order valence-corrected chi connectivity index (χ2v) is 3.87. The van der Waals surface area contributed by atoms with Crippen molar-refractivity contribution in [3.05, 3.63) is 72.5 Å². The highest BCUT2D eigenvalue weighted by Gasteiger charge is 2.00. The molecule has 1 N–H and O–H groups in total. The number of allylic oxidation sites excluding steroid dienone is 6. The van der Waals surface area contributed by atoms with E-state index < -0.39 is 0 Å². The summed E-state index contributed by atoms with van der Waals surface area (Å²) in [6.07, 6.45) is 11.8. The number of benzene rings is 1. The van der Waals surface area contributed by atoms with Crippen molar-refractivity contribution in [2.24, 2.45) is 0 Å². The maximum Gasteiger partial charge on any atom is 0.0927 e. The first-order valence-electron chi connectivity index (χ1n) is 6.67. The Bertz CT molecular complexity index is 637. The molecular formula is C18H22F2N2. The molecule has 1 aromatic heterocycles. The zero-order valence-electron chi connectivity index (χ0n) is 13.2. The lowest BCUT2D eigenvalue weighted by molar-refractivity contribution is 0.635. The highest BCUT2D eigenvalue weighted by molar-refractivity contribution is 5.86. The van der Waals surface area contributed by atoms with E-state index in [9.17, 15) is 8.78 Å². The average molecular weight is 304 g/mol. The minimum absolute atomic E-state index is 0.500. The topological polar surface area (TPSA) is 28.7 Å². The molecule has 0 aliphatic carbocycles. The molecule has 1 heterocycles. The Labute approximate surface area is 130 Å². The molecule has 4 heteroatoms. The molecule has 2 nitrogen and oxygen atoms in total. The third-order valence-electron chi connectivity index (χ3n) is 2.69. The Morgan fingerprint density at radius 1 is 1.14 bits per heavy atom. The van der Waals surface area contributed by atoms with E-state index in [0.29, 0.717) is 14.4 Å². The predicted octanol–water partition coefficient (Wildman–Crippen LogP) is 5.44. The number of aromatic nitrogens is 2. The number of para-hydroxylation sites is 1. The van der Waals surface area contributed by atoms with Crippen molar-refractivity contribution < 1.29 is 8.78 Å². The van der Waals surface area contributed by atoms with Gasteiger partial charge in [0.1, 0.15) is 0 Å². The van der Waals surface area contributed by atoms with Gasteiger partial charge >= 0.3 is 0 Å². The lowest BCUT2D eigenvalue weighted by Crippen LogP contribution is -1.74. The number of halogens is 2. The molecule has 22 heavy (non-hydrogen) atoms. The van der Waals surface area contributed by atoms with Crippen LogP contribution in [0.3, 0.4) is 0 Å². The third-order valence-corrected chi connectivity index (χ3v) is 2.69. The Balaban J connectivity index is 0.00000102. The molecule has 0 saturated heterocycles. The zero-order chi connectivity index (χ0) is 16.8. The Morgan fingerprint density at radius 2 is 1.82 bits per heavy atom. The molecule has 2 aromatic rings. The summed E-state index contributed by atoms with van der Waals surface area (Å²) >= 11 is 0. The Kier molecular flexibility index (Phi) is 10.9. The molecule has 2 rings (SSSR count). The summed E-state index contributed by atoms with van der Waals surface area (Å²) in [7, 11) is 1.00. The van der Waals surface area contributed by atoms with Crippen molar-refractivity contribution >= 4 is 17.0 Å². The van der Waals surface area contributed by atoms with E-state index in [1.54, 1.807) is 6.08 Å². The van der Waals surface area contributed by atoms with Crippen molar-refractivity contribution in [1.82, 2.24) is 10.2 Å². The molecule has 0 bridgehead atoms. The molecule has 0 fully saturated rings. The van der Waals surface area contributed by atoms with E-state index in [4.69, 9.17) is 0 Å². The molecule has 0 saturated carbocycles. The second-order valence-electron chi connectivity index (χ2n) is 3.87. The number of fused-ring (bicyclic) bond motifs is 1. The monoisotopic (exact) mass is 304 g/mol. The first-order valence-corrected chi connectivity index (χ1v) is 6.67. The fourth-order valence-corrected chi connectivity index (χ4v) is 1.71. The summed E-state index contributed by atoms with van der Waals surface area (Å²) in [6, 6.07) is 8.10. The number of hydrogen-bond donors (Lipinski definition) is 1. The van der Waals surface area contributed by atoms with Gasteiger partial charge in [0.25, 0.3) is 0 Å². The second kappa shape index (κ2) is 12.3. The van der Waals surface area contributed by atoms with Gasteiger partial charge in [-0.25, -0.2) is 0 Å². The van der Waals surface area contributed by atoms with Crippen molar-refractivity contribution in [3.8, 4) is 0 Å². The van der Waals surface area contributed by atoms with Gasteiger partial charge in [-0.3, -0.25) is 13.9 Å². The number of nitrogens with one attached hydrogen (secondary N) is 1. The normalized spacial score (nSPS) is 11.0. The van der Waals surface area contributed by atoms with Crippen molar-refractivity contribution in [2.45, 2.75) is 6.92 Å². The minimum atomic E-state index is 0.500. The van der Waals surface area contributed by atoms with Gasteiger partial charge in [0.15, 0.2) is 0 Å². The van der Waals surface area contributed by atoms with Crippen LogP contribution in [0.2, 0.25) is 0 Å². The molecule has 0 aliphatic rings. The van der Waals surface area contributed by atoms with Gasteiger partial charge in [0.2, 0.25) is 0 Å². The predicted molar refractivity (Wildman–Crippen MR) is 92.3 cm³/mol. The van der Waals surface area contributed by atoms with E-state index in [2.05, 4.69) is 22.8 Å². The van der Waals surface area contributed by atoms with E-state index in [1.165, 1.54) is 0 Å². The van der Waals surface area contributed by atoms with Crippen LogP contribution < -0.4 is 0 Å². The van der Waals surface area contributed by atoms with Crippen LogP contribution >= 0.6 is 0 Å². The summed E-state index contributed by atoms with van der Waals surface area (Å²) in [6.45, 7) is 5.67. The number of nitrogens with zero attached hydrogens (tertiary/aromatic N) is 1. The summed E-state index contributed by atoms with van der Waals surface area (Å²) < 4.78 is 19.0. The smallest absolute Gasteiger partial charge is 0.0927 e. The summed E-state index contributed by atoms with van der Waals surface area (Å²) in [5, 5.41) is 8.45. The Morgan fingerprint density at radius 3 is 2.45 bits per heavy atom. The fourth-order valence-electron chi connectivity index (χ4n) is 1.71. The number of hydrogen-bond acceptors (Lipinski definition) is 1. The number of aromatic amines is 1. The molecule has 0 atom stereocenters. The minimum Gasteiger partial charge on any atom is -0.277 e. The van der Waals surface area contributed by atoms with E-state index >= 15 is 0 Å². The van der Waals surface area contributed by atoms with Gasteiger partial charge < -0.3 is 0 Å². The molecule has 0 aliphatic heterocycles. The molecule has 0 amide bonds. The van der Waals surface area contributed by atoms with Crippen LogP contribution in [0.25, 0.3) is 17.0 Å². The lowest BCUT2D eigenvalue weighted by atomic mass is 10.1. The summed E-state index contributed by atoms with van der Waals surface area (Å²) in [4.78, 5) is 0. The van der Waals surface area contributed by atoms with Gasteiger partial charge in [0, 0.05) is 5.39 Å². The number of H-pyrrole nitrogens is 1. The van der Waals surface area contributed by atoms with Crippen LogP contribution in [0, 0.1) is 0 Å². The van der Waals surface area contributed by atoms with Crippen LogP contribution in [0.5, 0.6) is 0 Å². The highest BCUT2D eigenvalue weighted by Crippen LogP contribution is 2.17. The first-order chi connectivity index (χ1) is 10.8. The largest absolute Gasteiger partial charge is 0.277 e. The van der Waals surface area contributed by atoms with Crippen LogP contribution in [0.15, 0.2) is 66.8 Å². The highest BCUT2D eigenvalue weighted by atomic mass is 19.1. The Hall–Kier alpha value is -2.49. The SMILES string of the molecule is C=C\C=C/C(/C=C/c1n[nH]c2ccccc12)=C\C.CF.CF. The van der Waals surface area contributed by atoms with Crippen LogP contribution in [-0.4, -0.2) is 24.6 Å². The molecule has 0 radical (unpaired) electrons. The molecule has 0 unspecified atom stereocenters. The van der Waals surface area contributed by atoms with Crippen molar-refractivity contribution in [1.29, 1.82) is 0 Å². The van der Waals surface area contributed by atoms with E-state index in [0.717, 1.165) is 22.2 Å². The molecule has 1 aromatic carbocycles. The summed E-state index contributed by atoms with van der Waals surface area (Å²) in [5.41, 5.74) is 3.14. The molecule has 0 spiro atoms. The van der Waals surface area contributed by atoms with Gasteiger partial charge in [0.05, 0.1) is 25.6 Å². The van der Waals surface area contributed by atoms with E-state index in [-0.39, 0.29) is 0 Å². The van der Waals surface area contributed by atoms with E-state index in [1.807, 2.05) is 55.5 Å². The lowest BCUT2D eigenvalue weighted by Gasteiger charge is -1.91. The maximum atomic E-state index is 9.50. The number of rotatable bonds is 4. The van der Waals surface area contributed by atoms with Crippen molar-refractivity contribution in [3.63, 3.8) is 0 Å². The van der Waals surface area contributed by atoms with Crippen molar-refractivity contribution in [2.75, 3.05) is 14.4 Å². The van der Waals surface area contributed by atoms with Gasteiger partial charge in [-0.2, -0.15) is 5.10 Å². The molecule has 118 valence electrons. The zero-order valence-corrected chi connectivity index (χ0v) is 13.2. The quantitative estimate of drug-likeness (QED) is 0.749. The third kappa shape index (κ3) is 5.87. The van der Waals surface area contributed by atoms with Crippen LogP contribution in [0.1, 0.15) is 12.6 Å².